The van der Waals surface area contributed by atoms with Crippen LogP contribution in [0.2, 0.25) is 0 Å². The van der Waals surface area contributed by atoms with Gasteiger partial charge in [0.15, 0.2) is 6.10 Å². The fraction of sp³-hybridized carbons (Fsp3) is 0.263. The third kappa shape index (κ3) is 4.73. The van der Waals surface area contributed by atoms with Gasteiger partial charge in [0.05, 0.1) is 19.4 Å². The number of benzene rings is 2. The molecule has 1 atom stereocenters. The van der Waals surface area contributed by atoms with Gasteiger partial charge in [-0.3, -0.25) is 4.79 Å². The van der Waals surface area contributed by atoms with Gasteiger partial charge in [-0.2, -0.15) is 0 Å². The fourth-order valence-electron chi connectivity index (χ4n) is 2.18. The van der Waals surface area contributed by atoms with Crippen LogP contribution in [0.3, 0.4) is 0 Å². The molecule has 0 aliphatic carbocycles. The Balaban J connectivity index is 2.05. The van der Waals surface area contributed by atoms with Gasteiger partial charge in [0.2, 0.25) is 0 Å². The number of methoxy groups -OCH3 is 1. The second-order valence-electron chi connectivity index (χ2n) is 5.17. The maximum Gasteiger partial charge on any atom is 0.342 e. The summed E-state index contributed by atoms with van der Waals surface area (Å²) in [6.07, 6.45) is -0.980. The van der Waals surface area contributed by atoms with Gasteiger partial charge in [-0.1, -0.05) is 24.3 Å². The van der Waals surface area contributed by atoms with Crippen molar-refractivity contribution in [2.45, 2.75) is 20.0 Å². The number of carbonyl (C=O) groups is 2. The average molecular weight is 343 g/mol. The van der Waals surface area contributed by atoms with Gasteiger partial charge in [0.1, 0.15) is 17.1 Å². The molecule has 6 nitrogen and oxygen atoms in total. The zero-order valence-corrected chi connectivity index (χ0v) is 14.4. The zero-order valence-electron chi connectivity index (χ0n) is 14.4. The van der Waals surface area contributed by atoms with E-state index in [1.54, 1.807) is 48.5 Å². The topological polar surface area (TPSA) is 73.9 Å². The van der Waals surface area contributed by atoms with Crippen LogP contribution in [-0.4, -0.2) is 31.7 Å². The molecule has 2 aromatic carbocycles. The maximum atomic E-state index is 12.3. The van der Waals surface area contributed by atoms with Crippen LogP contribution < -0.4 is 14.8 Å². The van der Waals surface area contributed by atoms with E-state index >= 15 is 0 Å². The highest BCUT2D eigenvalue weighted by molar-refractivity contribution is 5.99. The van der Waals surface area contributed by atoms with Gasteiger partial charge in [0.25, 0.3) is 5.91 Å². The van der Waals surface area contributed by atoms with E-state index in [2.05, 4.69) is 5.32 Å². The number of hydrogen-bond acceptors (Lipinski definition) is 5. The molecule has 0 radical (unpaired) electrons. The molecule has 0 unspecified atom stereocenters. The highest BCUT2D eigenvalue weighted by Gasteiger charge is 2.22. The molecule has 25 heavy (non-hydrogen) atoms. The van der Waals surface area contributed by atoms with Gasteiger partial charge < -0.3 is 19.5 Å². The lowest BCUT2D eigenvalue weighted by molar-refractivity contribution is -0.123. The third-order valence-electron chi connectivity index (χ3n) is 3.42. The first-order valence-electron chi connectivity index (χ1n) is 7.93. The maximum absolute atomic E-state index is 12.3. The molecule has 1 amide bonds. The summed E-state index contributed by atoms with van der Waals surface area (Å²) >= 11 is 0. The Morgan fingerprint density at radius 2 is 1.68 bits per heavy atom. The van der Waals surface area contributed by atoms with E-state index in [9.17, 15) is 9.59 Å². The van der Waals surface area contributed by atoms with E-state index in [4.69, 9.17) is 14.2 Å². The number of ether oxygens (including phenoxy) is 3. The lowest BCUT2D eigenvalue weighted by atomic mass is 10.2. The number of nitrogens with one attached hydrogen (secondary N) is 1. The van der Waals surface area contributed by atoms with Crippen LogP contribution in [0.15, 0.2) is 48.5 Å². The molecule has 2 rings (SSSR count). The largest absolute Gasteiger partial charge is 0.495 e. The summed E-state index contributed by atoms with van der Waals surface area (Å²) < 4.78 is 15.8. The standard InChI is InChI=1S/C19H21NO5/c1-4-24-16-11-7-5-9-14(16)19(22)25-13(2)18(21)20-15-10-6-8-12-17(15)23-3/h5-13H,4H2,1-3H3,(H,20,21)/t13-/m0/s1. The van der Waals surface area contributed by atoms with E-state index in [0.29, 0.717) is 23.8 Å². The van der Waals surface area contributed by atoms with E-state index < -0.39 is 18.0 Å². The number of esters is 1. The van der Waals surface area contributed by atoms with Crippen LogP contribution in [0, 0.1) is 0 Å². The van der Waals surface area contributed by atoms with Crippen molar-refractivity contribution in [3.8, 4) is 11.5 Å². The molecule has 0 saturated heterocycles. The van der Waals surface area contributed by atoms with Crippen molar-refractivity contribution >= 4 is 17.6 Å². The number of amides is 1. The summed E-state index contributed by atoms with van der Waals surface area (Å²) in [5, 5.41) is 2.69. The molecule has 1 N–H and O–H groups in total. The van der Waals surface area contributed by atoms with Gasteiger partial charge in [-0.15, -0.1) is 0 Å². The lowest BCUT2D eigenvalue weighted by Crippen LogP contribution is -2.30. The van der Waals surface area contributed by atoms with Crippen molar-refractivity contribution < 1.29 is 23.8 Å². The van der Waals surface area contributed by atoms with Gasteiger partial charge >= 0.3 is 5.97 Å². The molecule has 0 bridgehead atoms. The van der Waals surface area contributed by atoms with Crippen LogP contribution in [-0.2, 0) is 9.53 Å². The average Bonchev–Trinajstić information content (AvgIpc) is 2.62. The van der Waals surface area contributed by atoms with E-state index in [1.165, 1.54) is 14.0 Å². The minimum Gasteiger partial charge on any atom is -0.495 e. The molecule has 0 heterocycles. The number of rotatable bonds is 7. The monoisotopic (exact) mass is 343 g/mol. The highest BCUT2D eigenvalue weighted by atomic mass is 16.5. The fourth-order valence-corrected chi connectivity index (χ4v) is 2.18. The van der Waals surface area contributed by atoms with Gasteiger partial charge in [0, 0.05) is 0 Å². The van der Waals surface area contributed by atoms with Crippen molar-refractivity contribution in [1.29, 1.82) is 0 Å². The van der Waals surface area contributed by atoms with E-state index in [0.717, 1.165) is 0 Å². The second kappa shape index (κ2) is 8.73. The van der Waals surface area contributed by atoms with Crippen molar-refractivity contribution in [1.82, 2.24) is 0 Å². The number of anilines is 1. The zero-order chi connectivity index (χ0) is 18.2. The Labute approximate surface area is 146 Å². The Morgan fingerprint density at radius 1 is 1.04 bits per heavy atom. The van der Waals surface area contributed by atoms with Crippen molar-refractivity contribution in [3.05, 3.63) is 54.1 Å². The van der Waals surface area contributed by atoms with E-state index in [1.807, 2.05) is 6.92 Å². The normalized spacial score (nSPS) is 11.3. The number of para-hydroxylation sites is 3. The van der Waals surface area contributed by atoms with Crippen molar-refractivity contribution in [2.75, 3.05) is 19.0 Å². The quantitative estimate of drug-likeness (QED) is 0.781. The van der Waals surface area contributed by atoms with Gasteiger partial charge in [-0.05, 0) is 38.1 Å². The Morgan fingerprint density at radius 3 is 2.36 bits per heavy atom. The molecule has 132 valence electrons. The minimum atomic E-state index is -0.980. The molecule has 2 aromatic rings. The van der Waals surface area contributed by atoms with Crippen LogP contribution in [0.25, 0.3) is 0 Å². The minimum absolute atomic E-state index is 0.279. The van der Waals surface area contributed by atoms with Crippen molar-refractivity contribution in [3.63, 3.8) is 0 Å². The molecule has 0 spiro atoms. The summed E-state index contributed by atoms with van der Waals surface area (Å²) in [5.74, 6) is -0.123. The van der Waals surface area contributed by atoms with Crippen molar-refractivity contribution in [2.24, 2.45) is 0 Å². The molecular weight excluding hydrogens is 322 g/mol. The molecule has 0 aliphatic rings. The summed E-state index contributed by atoms with van der Waals surface area (Å²) in [5.41, 5.74) is 0.786. The molecule has 0 saturated carbocycles. The highest BCUT2D eigenvalue weighted by Crippen LogP contribution is 2.24. The Kier molecular flexibility index (Phi) is 6.39. The smallest absolute Gasteiger partial charge is 0.342 e. The predicted molar refractivity (Wildman–Crippen MR) is 94.1 cm³/mol. The third-order valence-corrected chi connectivity index (χ3v) is 3.42. The SMILES string of the molecule is CCOc1ccccc1C(=O)O[C@@H](C)C(=O)Nc1ccccc1OC. The van der Waals surface area contributed by atoms with Gasteiger partial charge in [-0.25, -0.2) is 4.79 Å². The lowest BCUT2D eigenvalue weighted by Gasteiger charge is -2.16. The van der Waals surface area contributed by atoms with Crippen LogP contribution >= 0.6 is 0 Å². The molecule has 6 heteroatoms. The summed E-state index contributed by atoms with van der Waals surface area (Å²) in [7, 11) is 1.51. The summed E-state index contributed by atoms with van der Waals surface area (Å²) in [4.78, 5) is 24.6. The van der Waals surface area contributed by atoms with E-state index in [-0.39, 0.29) is 5.56 Å². The predicted octanol–water partition coefficient (Wildman–Crippen LogP) is 3.28. The molecule has 0 aliphatic heterocycles. The van der Waals surface area contributed by atoms with Crippen LogP contribution in [0.4, 0.5) is 5.69 Å². The summed E-state index contributed by atoms with van der Waals surface area (Å²) in [6, 6.07) is 13.7. The number of hydrogen-bond donors (Lipinski definition) is 1. The molecule has 0 aromatic heterocycles. The first-order valence-corrected chi connectivity index (χ1v) is 7.93. The molecular formula is C19H21NO5. The first kappa shape index (κ1) is 18.3. The van der Waals surface area contributed by atoms with Crippen LogP contribution in [0.1, 0.15) is 24.2 Å². The van der Waals surface area contributed by atoms with Crippen LogP contribution in [0.5, 0.6) is 11.5 Å². The summed E-state index contributed by atoms with van der Waals surface area (Å²) in [6.45, 7) is 3.76. The first-order chi connectivity index (χ1) is 12.1. The Bertz CT molecular complexity index is 744. The Hall–Kier alpha value is -3.02. The molecule has 0 fully saturated rings. The second-order valence-corrected chi connectivity index (χ2v) is 5.17. The number of carbonyl (C=O) groups excluding carboxylic acids is 2.